The summed E-state index contributed by atoms with van der Waals surface area (Å²) in [6.07, 6.45) is 0.259. The Kier molecular flexibility index (Phi) is 4.25. The molecule has 0 fully saturated rings. The molecule has 1 heterocycles. The topological polar surface area (TPSA) is 61.4 Å². The fraction of sp³-hybridized carbons (Fsp3) is 0.263. The largest absolute Gasteiger partial charge is 0.326 e. The van der Waals surface area contributed by atoms with Crippen molar-refractivity contribution < 1.29 is 9.59 Å². The summed E-state index contributed by atoms with van der Waals surface area (Å²) in [5.74, 6) is -0.0864. The summed E-state index contributed by atoms with van der Waals surface area (Å²) >= 11 is 0. The van der Waals surface area contributed by atoms with Crippen LogP contribution in [0.15, 0.2) is 42.5 Å². The maximum atomic E-state index is 12.9. The Bertz CT molecular complexity index is 781. The summed E-state index contributed by atoms with van der Waals surface area (Å²) in [6, 6.07) is 12.8. The highest BCUT2D eigenvalue weighted by atomic mass is 16.2. The molecule has 2 N–H and O–H groups in total. The van der Waals surface area contributed by atoms with Gasteiger partial charge in [-0.3, -0.25) is 9.69 Å². The number of hydrogen-bond acceptors (Lipinski definition) is 2. The van der Waals surface area contributed by atoms with Crippen LogP contribution in [0, 0.1) is 13.8 Å². The van der Waals surface area contributed by atoms with E-state index in [1.165, 1.54) is 0 Å². The van der Waals surface area contributed by atoms with Crippen LogP contribution in [0.1, 0.15) is 24.5 Å². The lowest BCUT2D eigenvalue weighted by atomic mass is 10.1. The first-order chi connectivity index (χ1) is 11.4. The molecule has 1 aliphatic rings. The van der Waals surface area contributed by atoms with Crippen molar-refractivity contribution in [1.29, 1.82) is 0 Å². The Hall–Kier alpha value is -2.82. The van der Waals surface area contributed by atoms with Gasteiger partial charge >= 0.3 is 6.03 Å². The van der Waals surface area contributed by atoms with Crippen LogP contribution < -0.4 is 15.5 Å². The van der Waals surface area contributed by atoms with Gasteiger partial charge in [0.2, 0.25) is 5.91 Å². The zero-order valence-electron chi connectivity index (χ0n) is 14.1. The first kappa shape index (κ1) is 16.1. The number of anilines is 3. The van der Waals surface area contributed by atoms with Gasteiger partial charge in [0, 0.05) is 18.2 Å². The van der Waals surface area contributed by atoms with E-state index < -0.39 is 0 Å². The molecule has 24 heavy (non-hydrogen) atoms. The second kappa shape index (κ2) is 6.35. The second-order valence-corrected chi connectivity index (χ2v) is 6.30. The average Bonchev–Trinajstić information content (AvgIpc) is 2.60. The average molecular weight is 323 g/mol. The molecule has 2 aromatic rings. The van der Waals surface area contributed by atoms with Crippen molar-refractivity contribution in [3.05, 3.63) is 53.6 Å². The number of urea groups is 1. The summed E-state index contributed by atoms with van der Waals surface area (Å²) in [7, 11) is 0. The number of hydrogen-bond donors (Lipinski definition) is 2. The van der Waals surface area contributed by atoms with Crippen LogP contribution in [-0.4, -0.2) is 18.0 Å². The SMILES string of the molecule is Cc1cc(C)cc(NC(=O)N2c3ccccc3NC(=O)C[C@@H]2C)c1. The van der Waals surface area contributed by atoms with Crippen molar-refractivity contribution in [2.45, 2.75) is 33.2 Å². The number of carbonyl (C=O) groups excluding carboxylic acids is 2. The molecule has 1 atom stereocenters. The number of para-hydroxylation sites is 2. The number of amides is 3. The zero-order valence-corrected chi connectivity index (χ0v) is 14.1. The van der Waals surface area contributed by atoms with Gasteiger partial charge in [0.1, 0.15) is 0 Å². The molecule has 1 aliphatic heterocycles. The molecule has 5 heteroatoms. The summed E-state index contributed by atoms with van der Waals surface area (Å²) in [5, 5.41) is 5.81. The monoisotopic (exact) mass is 323 g/mol. The highest BCUT2D eigenvalue weighted by Gasteiger charge is 2.29. The second-order valence-electron chi connectivity index (χ2n) is 6.30. The molecular formula is C19H21N3O2. The lowest BCUT2D eigenvalue weighted by Gasteiger charge is -2.28. The lowest BCUT2D eigenvalue weighted by Crippen LogP contribution is -2.41. The van der Waals surface area contributed by atoms with Gasteiger partial charge in [-0.2, -0.15) is 0 Å². The summed E-state index contributed by atoms with van der Waals surface area (Å²) in [6.45, 7) is 5.87. The van der Waals surface area contributed by atoms with Crippen molar-refractivity contribution in [2.75, 3.05) is 15.5 Å². The van der Waals surface area contributed by atoms with Gasteiger partial charge in [0.15, 0.2) is 0 Å². The van der Waals surface area contributed by atoms with Crippen molar-refractivity contribution >= 4 is 29.0 Å². The van der Waals surface area contributed by atoms with Crippen LogP contribution in [0.5, 0.6) is 0 Å². The lowest BCUT2D eigenvalue weighted by molar-refractivity contribution is -0.116. The van der Waals surface area contributed by atoms with Crippen molar-refractivity contribution in [3.8, 4) is 0 Å². The Balaban J connectivity index is 1.94. The van der Waals surface area contributed by atoms with Crippen molar-refractivity contribution in [3.63, 3.8) is 0 Å². The minimum absolute atomic E-state index is 0.0864. The summed E-state index contributed by atoms with van der Waals surface area (Å²) in [4.78, 5) is 26.5. The Labute approximate surface area is 141 Å². The van der Waals surface area contributed by atoms with Gasteiger partial charge in [-0.05, 0) is 56.2 Å². The first-order valence-corrected chi connectivity index (χ1v) is 8.01. The van der Waals surface area contributed by atoms with Gasteiger partial charge in [0.25, 0.3) is 0 Å². The molecule has 0 saturated heterocycles. The van der Waals surface area contributed by atoms with E-state index in [0.29, 0.717) is 11.4 Å². The molecule has 5 nitrogen and oxygen atoms in total. The number of aryl methyl sites for hydroxylation is 2. The number of rotatable bonds is 1. The minimum atomic E-state index is -0.239. The highest BCUT2D eigenvalue weighted by molar-refractivity contribution is 6.08. The maximum absolute atomic E-state index is 12.9. The third-order valence-electron chi connectivity index (χ3n) is 4.05. The fourth-order valence-corrected chi connectivity index (χ4v) is 3.13. The standard InChI is InChI=1S/C19H21N3O2/c1-12-8-13(2)10-15(9-12)20-19(24)22-14(3)11-18(23)21-16-6-4-5-7-17(16)22/h4-10,14H,11H2,1-3H3,(H,20,24)(H,21,23)/t14-/m0/s1. The van der Waals surface area contributed by atoms with E-state index in [0.717, 1.165) is 16.8 Å². The predicted octanol–water partition coefficient (Wildman–Crippen LogP) is 4.07. The molecule has 0 aromatic heterocycles. The van der Waals surface area contributed by atoms with Crippen LogP contribution in [0.2, 0.25) is 0 Å². The Morgan fingerprint density at radius 3 is 2.54 bits per heavy atom. The number of nitrogens with one attached hydrogen (secondary N) is 2. The molecule has 124 valence electrons. The Morgan fingerprint density at radius 2 is 1.83 bits per heavy atom. The van der Waals surface area contributed by atoms with Gasteiger partial charge in [-0.25, -0.2) is 4.79 Å². The van der Waals surface area contributed by atoms with Crippen LogP contribution in [0.3, 0.4) is 0 Å². The van der Waals surface area contributed by atoms with Crippen molar-refractivity contribution in [1.82, 2.24) is 0 Å². The smallest absolute Gasteiger partial charge is 0.324 e. The molecule has 3 amide bonds. The molecular weight excluding hydrogens is 302 g/mol. The summed E-state index contributed by atoms with van der Waals surface area (Å²) < 4.78 is 0. The van der Waals surface area contributed by atoms with E-state index in [1.54, 1.807) is 4.90 Å². The van der Waals surface area contributed by atoms with Crippen LogP contribution >= 0.6 is 0 Å². The molecule has 0 aliphatic carbocycles. The van der Waals surface area contributed by atoms with Gasteiger partial charge < -0.3 is 10.6 Å². The summed E-state index contributed by atoms with van der Waals surface area (Å²) in [5.41, 5.74) is 4.30. The molecule has 2 aromatic carbocycles. The number of fused-ring (bicyclic) bond motifs is 1. The van der Waals surface area contributed by atoms with Crippen LogP contribution in [0.4, 0.5) is 21.9 Å². The minimum Gasteiger partial charge on any atom is -0.324 e. The van der Waals surface area contributed by atoms with E-state index in [1.807, 2.05) is 57.2 Å². The Morgan fingerprint density at radius 1 is 1.17 bits per heavy atom. The highest BCUT2D eigenvalue weighted by Crippen LogP contribution is 2.31. The third kappa shape index (κ3) is 3.25. The quantitative estimate of drug-likeness (QED) is 0.831. The maximum Gasteiger partial charge on any atom is 0.326 e. The van der Waals surface area contributed by atoms with E-state index in [9.17, 15) is 9.59 Å². The number of carbonyl (C=O) groups is 2. The molecule has 3 rings (SSSR count). The van der Waals surface area contributed by atoms with Gasteiger partial charge in [-0.1, -0.05) is 18.2 Å². The van der Waals surface area contributed by atoms with Gasteiger partial charge in [-0.15, -0.1) is 0 Å². The van der Waals surface area contributed by atoms with Gasteiger partial charge in [0.05, 0.1) is 11.4 Å². The number of benzene rings is 2. The van der Waals surface area contributed by atoms with E-state index in [4.69, 9.17) is 0 Å². The zero-order chi connectivity index (χ0) is 17.3. The van der Waals surface area contributed by atoms with E-state index in [-0.39, 0.29) is 24.4 Å². The van der Waals surface area contributed by atoms with Crippen molar-refractivity contribution in [2.24, 2.45) is 0 Å². The van der Waals surface area contributed by atoms with E-state index >= 15 is 0 Å². The normalized spacial score (nSPS) is 16.9. The first-order valence-electron chi connectivity index (χ1n) is 8.01. The third-order valence-corrected chi connectivity index (χ3v) is 4.05. The predicted molar refractivity (Wildman–Crippen MR) is 96.6 cm³/mol. The molecule has 0 radical (unpaired) electrons. The molecule has 0 bridgehead atoms. The fourth-order valence-electron chi connectivity index (χ4n) is 3.13. The van der Waals surface area contributed by atoms with Crippen LogP contribution in [-0.2, 0) is 4.79 Å². The van der Waals surface area contributed by atoms with Crippen LogP contribution in [0.25, 0.3) is 0 Å². The number of nitrogens with zero attached hydrogens (tertiary/aromatic N) is 1. The molecule has 0 unspecified atom stereocenters. The molecule has 0 spiro atoms. The molecule has 0 saturated carbocycles. The van der Waals surface area contributed by atoms with E-state index in [2.05, 4.69) is 16.7 Å².